The Hall–Kier alpha value is -3.72. The minimum Gasteiger partial charge on any atom is -0.493 e. The normalized spacial score (nSPS) is 28.2. The smallest absolute Gasteiger partial charge is 0.234 e. The van der Waals surface area contributed by atoms with Crippen LogP contribution in [0.25, 0.3) is 0 Å². The molecule has 4 heterocycles. The molecule has 0 radical (unpaired) electrons. The van der Waals surface area contributed by atoms with Crippen LogP contribution in [0.2, 0.25) is 0 Å². The first-order valence-corrected chi connectivity index (χ1v) is 10.6. The molecule has 4 aliphatic heterocycles. The second kappa shape index (κ2) is 7.14. The molecule has 2 fully saturated rings. The van der Waals surface area contributed by atoms with Crippen LogP contribution in [0.3, 0.4) is 0 Å². The van der Waals surface area contributed by atoms with Crippen molar-refractivity contribution in [3.63, 3.8) is 0 Å². The molecule has 1 unspecified atom stereocenters. The Morgan fingerprint density at radius 3 is 2.73 bits per heavy atom. The van der Waals surface area contributed by atoms with E-state index in [-0.39, 0.29) is 18.6 Å². The maximum atomic E-state index is 13.5. The molecule has 0 saturated carbocycles. The summed E-state index contributed by atoms with van der Waals surface area (Å²) in [5.41, 5.74) is 0.418. The third kappa shape index (κ3) is 2.88. The molecule has 9 nitrogen and oxygen atoms in total. The Morgan fingerprint density at radius 2 is 1.91 bits per heavy atom. The molecule has 2 saturated heterocycles. The molecule has 4 atom stereocenters. The van der Waals surface area contributed by atoms with Gasteiger partial charge >= 0.3 is 0 Å². The maximum Gasteiger partial charge on any atom is 0.234 e. The topological polar surface area (TPSA) is 95.6 Å². The lowest BCUT2D eigenvalue weighted by Gasteiger charge is -2.23. The highest BCUT2D eigenvalue weighted by Crippen LogP contribution is 2.53. The zero-order chi connectivity index (χ0) is 22.7. The van der Waals surface area contributed by atoms with Gasteiger partial charge in [0.1, 0.15) is 5.60 Å². The third-order valence-electron chi connectivity index (χ3n) is 6.72. The zero-order valence-corrected chi connectivity index (χ0v) is 18.1. The Balaban J connectivity index is 1.27. The van der Waals surface area contributed by atoms with Crippen molar-refractivity contribution in [3.05, 3.63) is 48.6 Å². The van der Waals surface area contributed by atoms with Gasteiger partial charge in [0.15, 0.2) is 23.0 Å². The zero-order valence-electron chi connectivity index (χ0n) is 18.1. The molecular formula is C24H22N2O7. The number of nitrogens with zero attached hydrogens (tertiary/aromatic N) is 1. The highest BCUT2D eigenvalue weighted by atomic mass is 16.7. The molecule has 2 amide bonds. The van der Waals surface area contributed by atoms with E-state index in [1.165, 1.54) is 7.11 Å². The summed E-state index contributed by atoms with van der Waals surface area (Å²) in [5.74, 6) is 0.629. The fourth-order valence-electron chi connectivity index (χ4n) is 5.21. The predicted octanol–water partition coefficient (Wildman–Crippen LogP) is 2.36. The number of hydrogen-bond acceptors (Lipinski definition) is 7. The number of nitrogens with one attached hydrogen (secondary N) is 1. The number of carbonyl (C=O) groups is 2. The van der Waals surface area contributed by atoms with Crippen molar-refractivity contribution in [2.45, 2.75) is 11.7 Å². The molecule has 2 bridgehead atoms. The summed E-state index contributed by atoms with van der Waals surface area (Å²) in [7, 11) is 3.08. The van der Waals surface area contributed by atoms with Crippen LogP contribution in [0.15, 0.2) is 48.6 Å². The van der Waals surface area contributed by atoms with E-state index in [0.717, 1.165) is 0 Å². The summed E-state index contributed by atoms with van der Waals surface area (Å²) in [6.45, 7) is 0.495. The summed E-state index contributed by atoms with van der Waals surface area (Å²) in [6.07, 6.45) is 3.36. The molecule has 9 heteroatoms. The van der Waals surface area contributed by atoms with Crippen LogP contribution in [-0.4, -0.2) is 51.1 Å². The van der Waals surface area contributed by atoms with Crippen LogP contribution >= 0.6 is 0 Å². The van der Waals surface area contributed by atoms with Gasteiger partial charge in [0.2, 0.25) is 18.6 Å². The van der Waals surface area contributed by atoms with Crippen molar-refractivity contribution in [3.8, 4) is 23.0 Å². The summed E-state index contributed by atoms with van der Waals surface area (Å²) in [5, 5.41) is 2.92. The predicted molar refractivity (Wildman–Crippen MR) is 117 cm³/mol. The highest BCUT2D eigenvalue weighted by Gasteiger charge is 2.67. The average molecular weight is 450 g/mol. The first kappa shape index (κ1) is 19.9. The van der Waals surface area contributed by atoms with Crippen molar-refractivity contribution < 1.29 is 33.3 Å². The standard InChI is InChI=1S/C24H22N2O7/c1-29-15-5-3-13(9-18(15)30-2)25-22(27)20-17-7-8-24(33-17)11-26(23(28)21(20)24)14-4-6-16-19(10-14)32-12-31-16/h3-10,17,20-21H,11-12H2,1-2H3,(H,25,27)/t17-,20?,21+,24-/m0/s1. The van der Waals surface area contributed by atoms with Gasteiger partial charge < -0.3 is 33.9 Å². The van der Waals surface area contributed by atoms with Gasteiger partial charge in [-0.25, -0.2) is 0 Å². The van der Waals surface area contributed by atoms with Crippen LogP contribution in [0.4, 0.5) is 11.4 Å². The number of methoxy groups -OCH3 is 2. The van der Waals surface area contributed by atoms with Gasteiger partial charge in [-0.15, -0.1) is 0 Å². The van der Waals surface area contributed by atoms with Crippen molar-refractivity contribution in [1.29, 1.82) is 0 Å². The Labute approximate surface area is 189 Å². The molecule has 170 valence electrons. The molecule has 33 heavy (non-hydrogen) atoms. The summed E-state index contributed by atoms with van der Waals surface area (Å²) >= 11 is 0. The average Bonchev–Trinajstić information content (AvgIpc) is 3.59. The molecule has 2 aromatic rings. The highest BCUT2D eigenvalue weighted by molar-refractivity contribution is 6.05. The van der Waals surface area contributed by atoms with Crippen molar-refractivity contribution >= 4 is 23.2 Å². The van der Waals surface area contributed by atoms with Gasteiger partial charge in [0.25, 0.3) is 0 Å². The molecule has 4 aliphatic rings. The molecule has 6 rings (SSSR count). The Kier molecular flexibility index (Phi) is 4.31. The minimum atomic E-state index is -0.822. The van der Waals surface area contributed by atoms with E-state index in [2.05, 4.69) is 5.32 Å². The first-order valence-electron chi connectivity index (χ1n) is 10.6. The number of anilines is 2. The van der Waals surface area contributed by atoms with Crippen LogP contribution in [0, 0.1) is 11.8 Å². The van der Waals surface area contributed by atoms with Gasteiger partial charge in [0, 0.05) is 23.5 Å². The second-order valence-corrected chi connectivity index (χ2v) is 8.42. The van der Waals surface area contributed by atoms with E-state index in [0.29, 0.717) is 40.9 Å². The fourth-order valence-corrected chi connectivity index (χ4v) is 5.21. The number of hydrogen-bond donors (Lipinski definition) is 1. The molecular weight excluding hydrogens is 428 g/mol. The second-order valence-electron chi connectivity index (χ2n) is 8.42. The molecule has 0 aliphatic carbocycles. The lowest BCUT2D eigenvalue weighted by atomic mass is 9.77. The van der Waals surface area contributed by atoms with E-state index in [1.807, 2.05) is 18.2 Å². The largest absolute Gasteiger partial charge is 0.493 e. The van der Waals surface area contributed by atoms with Crippen molar-refractivity contribution in [2.75, 3.05) is 37.8 Å². The number of ether oxygens (including phenoxy) is 5. The van der Waals surface area contributed by atoms with Crippen LogP contribution < -0.4 is 29.2 Å². The molecule has 2 aromatic carbocycles. The Bertz CT molecular complexity index is 1200. The Morgan fingerprint density at radius 1 is 1.09 bits per heavy atom. The SMILES string of the molecule is COc1ccc(NC(=O)C2[C@@H]3C=C[C@@]4(CN(c5ccc6c(c5)OCO6)C(=O)[C@@H]24)O3)cc1OC. The molecule has 1 N–H and O–H groups in total. The first-order chi connectivity index (χ1) is 16.0. The fraction of sp³-hybridized carbons (Fsp3) is 0.333. The van der Waals surface area contributed by atoms with Crippen molar-refractivity contribution in [1.82, 2.24) is 0 Å². The number of carbonyl (C=O) groups excluding carboxylic acids is 2. The number of fused-ring (bicyclic) bond motifs is 2. The number of benzene rings is 2. The summed E-state index contributed by atoms with van der Waals surface area (Å²) in [4.78, 5) is 28.5. The van der Waals surface area contributed by atoms with Crippen molar-refractivity contribution in [2.24, 2.45) is 11.8 Å². The monoisotopic (exact) mass is 450 g/mol. The lowest BCUT2D eigenvalue weighted by Crippen LogP contribution is -2.41. The van der Waals surface area contributed by atoms with Crippen LogP contribution in [0.5, 0.6) is 23.0 Å². The maximum absolute atomic E-state index is 13.5. The van der Waals surface area contributed by atoms with E-state index in [1.54, 1.807) is 42.3 Å². The lowest BCUT2D eigenvalue weighted by molar-refractivity contribution is -0.128. The molecule has 1 spiro atoms. The van der Waals surface area contributed by atoms with Crippen LogP contribution in [0.1, 0.15) is 0 Å². The van der Waals surface area contributed by atoms with Gasteiger partial charge in [-0.2, -0.15) is 0 Å². The third-order valence-corrected chi connectivity index (χ3v) is 6.72. The van der Waals surface area contributed by atoms with Gasteiger partial charge in [-0.3, -0.25) is 9.59 Å². The van der Waals surface area contributed by atoms with Gasteiger partial charge in [-0.1, -0.05) is 12.2 Å². The number of rotatable bonds is 5. The van der Waals surface area contributed by atoms with E-state index in [4.69, 9.17) is 23.7 Å². The molecule has 0 aromatic heterocycles. The summed E-state index contributed by atoms with van der Waals surface area (Å²) < 4.78 is 27.6. The van der Waals surface area contributed by atoms with E-state index in [9.17, 15) is 9.59 Å². The minimum absolute atomic E-state index is 0.145. The van der Waals surface area contributed by atoms with E-state index >= 15 is 0 Å². The van der Waals surface area contributed by atoms with Crippen LogP contribution in [-0.2, 0) is 14.3 Å². The van der Waals surface area contributed by atoms with Gasteiger partial charge in [-0.05, 0) is 24.3 Å². The quantitative estimate of drug-likeness (QED) is 0.699. The van der Waals surface area contributed by atoms with E-state index < -0.39 is 23.5 Å². The number of amides is 2. The summed E-state index contributed by atoms with van der Waals surface area (Å²) in [6, 6.07) is 10.5. The van der Waals surface area contributed by atoms with Gasteiger partial charge in [0.05, 0.1) is 38.7 Å².